The average molecular weight is 263 g/mol. The van der Waals surface area contributed by atoms with Gasteiger partial charge in [0.25, 0.3) is 0 Å². The first kappa shape index (κ1) is 15.2. The molecule has 0 aliphatic heterocycles. The highest BCUT2D eigenvalue weighted by Gasteiger charge is 2.15. The number of para-hydroxylation sites is 1. The van der Waals surface area contributed by atoms with Crippen LogP contribution in [0.5, 0.6) is 0 Å². The minimum Gasteiger partial charge on any atom is -0.346 e. The lowest BCUT2D eigenvalue weighted by atomic mass is 10.0. The number of hydrogen-bond acceptors (Lipinski definition) is 3. The Balaban J connectivity index is 2.32. The lowest BCUT2D eigenvalue weighted by Crippen LogP contribution is -2.44. The molecule has 0 heterocycles. The standard InChI is InChI=1S/C14H21N3O2/c1-10(2)8-12(15)14(19)16-9-13(18)17-11-6-4-3-5-7-11/h3-7,10,12H,8-9,15H2,1-2H3,(H,16,19)(H,17,18)/t12-/m0/s1. The number of nitrogens with two attached hydrogens (primary N) is 1. The molecule has 0 spiro atoms. The van der Waals surface area contributed by atoms with Gasteiger partial charge in [-0.05, 0) is 24.5 Å². The number of carbonyl (C=O) groups is 2. The van der Waals surface area contributed by atoms with Gasteiger partial charge in [-0.1, -0.05) is 32.0 Å². The SMILES string of the molecule is CC(C)C[C@H](N)C(=O)NCC(=O)Nc1ccccc1. The van der Waals surface area contributed by atoms with Crippen LogP contribution in [0, 0.1) is 5.92 Å². The van der Waals surface area contributed by atoms with Crippen molar-refractivity contribution < 1.29 is 9.59 Å². The van der Waals surface area contributed by atoms with Gasteiger partial charge in [0.15, 0.2) is 0 Å². The van der Waals surface area contributed by atoms with Gasteiger partial charge in [-0.3, -0.25) is 9.59 Å². The van der Waals surface area contributed by atoms with Gasteiger partial charge < -0.3 is 16.4 Å². The Kier molecular flexibility index (Phi) is 6.02. The summed E-state index contributed by atoms with van der Waals surface area (Å²) in [5, 5.41) is 5.21. The molecule has 0 saturated heterocycles. The van der Waals surface area contributed by atoms with E-state index in [0.29, 0.717) is 18.0 Å². The second-order valence-electron chi connectivity index (χ2n) is 4.87. The quantitative estimate of drug-likeness (QED) is 0.719. The lowest BCUT2D eigenvalue weighted by molar-refractivity contribution is -0.125. The monoisotopic (exact) mass is 263 g/mol. The summed E-state index contributed by atoms with van der Waals surface area (Å²) in [5.41, 5.74) is 6.42. The van der Waals surface area contributed by atoms with E-state index in [1.165, 1.54) is 0 Å². The van der Waals surface area contributed by atoms with Crippen molar-refractivity contribution in [3.05, 3.63) is 30.3 Å². The Morgan fingerprint density at radius 2 is 1.84 bits per heavy atom. The van der Waals surface area contributed by atoms with Gasteiger partial charge in [0.1, 0.15) is 0 Å². The maximum atomic E-state index is 11.6. The zero-order chi connectivity index (χ0) is 14.3. The van der Waals surface area contributed by atoms with Gasteiger partial charge in [0.2, 0.25) is 11.8 Å². The molecule has 1 rings (SSSR count). The summed E-state index contributed by atoms with van der Waals surface area (Å²) in [7, 11) is 0. The summed E-state index contributed by atoms with van der Waals surface area (Å²) in [5.74, 6) is -0.216. The van der Waals surface area contributed by atoms with Crippen molar-refractivity contribution in [1.82, 2.24) is 5.32 Å². The second-order valence-corrected chi connectivity index (χ2v) is 4.87. The molecule has 104 valence electrons. The predicted octanol–water partition coefficient (Wildman–Crippen LogP) is 1.11. The molecule has 0 radical (unpaired) electrons. The third-order valence-corrected chi connectivity index (χ3v) is 2.54. The molecular weight excluding hydrogens is 242 g/mol. The zero-order valence-electron chi connectivity index (χ0n) is 11.3. The normalized spacial score (nSPS) is 12.0. The van der Waals surface area contributed by atoms with Crippen LogP contribution >= 0.6 is 0 Å². The fourth-order valence-electron chi connectivity index (χ4n) is 1.64. The minimum atomic E-state index is -0.565. The van der Waals surface area contributed by atoms with Crippen LogP contribution in [-0.2, 0) is 9.59 Å². The fourth-order valence-corrected chi connectivity index (χ4v) is 1.64. The van der Waals surface area contributed by atoms with Crippen molar-refractivity contribution in [3.63, 3.8) is 0 Å². The molecule has 5 heteroatoms. The van der Waals surface area contributed by atoms with Crippen LogP contribution in [0.25, 0.3) is 0 Å². The number of amides is 2. The van der Waals surface area contributed by atoms with E-state index < -0.39 is 6.04 Å². The molecule has 0 saturated carbocycles. The van der Waals surface area contributed by atoms with Crippen molar-refractivity contribution in [2.24, 2.45) is 11.7 Å². The molecular formula is C14H21N3O2. The Bertz CT molecular complexity index is 418. The van der Waals surface area contributed by atoms with Gasteiger partial charge >= 0.3 is 0 Å². The van der Waals surface area contributed by atoms with Crippen molar-refractivity contribution in [3.8, 4) is 0 Å². The fraction of sp³-hybridized carbons (Fsp3) is 0.429. The van der Waals surface area contributed by atoms with Gasteiger partial charge in [0.05, 0.1) is 12.6 Å². The minimum absolute atomic E-state index is 0.0699. The Hall–Kier alpha value is -1.88. The van der Waals surface area contributed by atoms with E-state index in [2.05, 4.69) is 10.6 Å². The second kappa shape index (κ2) is 7.53. The Labute approximate surface area is 113 Å². The Morgan fingerprint density at radius 1 is 1.21 bits per heavy atom. The molecule has 0 aromatic heterocycles. The van der Waals surface area contributed by atoms with E-state index in [1.54, 1.807) is 12.1 Å². The predicted molar refractivity (Wildman–Crippen MR) is 75.5 cm³/mol. The lowest BCUT2D eigenvalue weighted by Gasteiger charge is -2.14. The first-order valence-electron chi connectivity index (χ1n) is 6.37. The summed E-state index contributed by atoms with van der Waals surface area (Å²) in [6.07, 6.45) is 0.603. The van der Waals surface area contributed by atoms with E-state index in [4.69, 9.17) is 5.73 Å². The summed E-state index contributed by atoms with van der Waals surface area (Å²) in [4.78, 5) is 23.2. The zero-order valence-corrected chi connectivity index (χ0v) is 11.3. The molecule has 0 aliphatic carbocycles. The maximum absolute atomic E-state index is 11.6. The summed E-state index contributed by atoms with van der Waals surface area (Å²) in [6.45, 7) is 3.92. The number of nitrogens with one attached hydrogen (secondary N) is 2. The van der Waals surface area contributed by atoms with E-state index >= 15 is 0 Å². The molecule has 5 nitrogen and oxygen atoms in total. The Morgan fingerprint density at radius 3 is 2.42 bits per heavy atom. The molecule has 2 amide bonds. The van der Waals surface area contributed by atoms with Crippen LogP contribution in [-0.4, -0.2) is 24.4 Å². The molecule has 0 fully saturated rings. The van der Waals surface area contributed by atoms with E-state index in [-0.39, 0.29) is 18.4 Å². The van der Waals surface area contributed by atoms with Gasteiger partial charge in [-0.25, -0.2) is 0 Å². The van der Waals surface area contributed by atoms with Crippen molar-refractivity contribution in [2.75, 3.05) is 11.9 Å². The van der Waals surface area contributed by atoms with Crippen molar-refractivity contribution in [2.45, 2.75) is 26.3 Å². The van der Waals surface area contributed by atoms with Crippen molar-refractivity contribution >= 4 is 17.5 Å². The van der Waals surface area contributed by atoms with E-state index in [0.717, 1.165) is 0 Å². The summed E-state index contributed by atoms with van der Waals surface area (Å²) in [6, 6.07) is 8.51. The molecule has 4 N–H and O–H groups in total. The average Bonchev–Trinajstić information content (AvgIpc) is 2.36. The van der Waals surface area contributed by atoms with Crippen LogP contribution in [0.4, 0.5) is 5.69 Å². The molecule has 19 heavy (non-hydrogen) atoms. The number of benzene rings is 1. The third kappa shape index (κ3) is 6.01. The van der Waals surface area contributed by atoms with E-state index in [9.17, 15) is 9.59 Å². The first-order chi connectivity index (χ1) is 8.99. The third-order valence-electron chi connectivity index (χ3n) is 2.54. The maximum Gasteiger partial charge on any atom is 0.243 e. The summed E-state index contributed by atoms with van der Waals surface area (Å²) < 4.78 is 0. The topological polar surface area (TPSA) is 84.2 Å². The van der Waals surface area contributed by atoms with Crippen molar-refractivity contribution in [1.29, 1.82) is 0 Å². The summed E-state index contributed by atoms with van der Waals surface area (Å²) >= 11 is 0. The van der Waals surface area contributed by atoms with Gasteiger partial charge in [-0.15, -0.1) is 0 Å². The smallest absolute Gasteiger partial charge is 0.243 e. The number of anilines is 1. The van der Waals surface area contributed by atoms with Gasteiger partial charge in [0, 0.05) is 5.69 Å². The van der Waals surface area contributed by atoms with Crippen LogP contribution in [0.3, 0.4) is 0 Å². The first-order valence-corrected chi connectivity index (χ1v) is 6.37. The number of rotatable bonds is 6. The highest BCUT2D eigenvalue weighted by molar-refractivity contribution is 5.95. The van der Waals surface area contributed by atoms with Gasteiger partial charge in [-0.2, -0.15) is 0 Å². The number of carbonyl (C=O) groups excluding carboxylic acids is 2. The molecule has 1 aromatic carbocycles. The van der Waals surface area contributed by atoms with Crippen LogP contribution in [0.2, 0.25) is 0 Å². The van der Waals surface area contributed by atoms with Crippen LogP contribution in [0.1, 0.15) is 20.3 Å². The molecule has 1 aromatic rings. The molecule has 0 aliphatic rings. The number of hydrogen-bond donors (Lipinski definition) is 3. The van der Waals surface area contributed by atoms with Crippen LogP contribution < -0.4 is 16.4 Å². The molecule has 0 unspecified atom stereocenters. The highest BCUT2D eigenvalue weighted by Crippen LogP contribution is 2.04. The highest BCUT2D eigenvalue weighted by atomic mass is 16.2. The largest absolute Gasteiger partial charge is 0.346 e. The van der Waals surface area contributed by atoms with Crippen LogP contribution in [0.15, 0.2) is 30.3 Å². The molecule has 1 atom stereocenters. The van der Waals surface area contributed by atoms with E-state index in [1.807, 2.05) is 32.0 Å². The molecule has 0 bridgehead atoms.